The van der Waals surface area contributed by atoms with Crippen LogP contribution in [0.15, 0.2) is 0 Å². The fourth-order valence-corrected chi connectivity index (χ4v) is 0.683. The van der Waals surface area contributed by atoms with Crippen molar-refractivity contribution < 1.29 is 19.7 Å². The van der Waals surface area contributed by atoms with Crippen LogP contribution in [0.2, 0.25) is 0 Å². The molecule has 0 aliphatic rings. The SMILES string of the molecule is CC(C)CO.CCC(C)CO.CCCCC(=O)OCC. The lowest BCUT2D eigenvalue weighted by Gasteiger charge is -1.98. The summed E-state index contributed by atoms with van der Waals surface area (Å²) < 4.78 is 4.70. The number of hydrogen-bond donors (Lipinski definition) is 2. The molecular weight excluding hydrogens is 256 g/mol. The molecular formula is C16H36O4. The third-order valence-corrected chi connectivity index (χ3v) is 2.41. The fourth-order valence-electron chi connectivity index (χ4n) is 0.683. The molecule has 1 atom stereocenters. The van der Waals surface area contributed by atoms with Crippen molar-refractivity contribution in [2.75, 3.05) is 19.8 Å². The number of esters is 1. The predicted octanol–water partition coefficient (Wildman–Crippen LogP) is 3.40. The van der Waals surface area contributed by atoms with Gasteiger partial charge < -0.3 is 14.9 Å². The zero-order chi connectivity index (χ0) is 16.4. The summed E-state index contributed by atoms with van der Waals surface area (Å²) in [5.41, 5.74) is 0. The fraction of sp³-hybridized carbons (Fsp3) is 0.938. The molecule has 0 fully saturated rings. The highest BCUT2D eigenvalue weighted by Crippen LogP contribution is 1.95. The van der Waals surface area contributed by atoms with Crippen molar-refractivity contribution in [3.63, 3.8) is 0 Å². The number of carbonyl (C=O) groups excluding carboxylic acids is 1. The smallest absolute Gasteiger partial charge is 0.305 e. The lowest BCUT2D eigenvalue weighted by molar-refractivity contribution is -0.143. The standard InChI is InChI=1S/C7H14O2.C5H12O.C4H10O/c1-3-5-6-7(8)9-4-2;1-3-5(2)4-6;1-4(2)3-5/h3-6H2,1-2H3;5-6H,3-4H2,1-2H3;4-5H,3H2,1-2H3. The molecule has 0 spiro atoms. The Balaban J connectivity index is -0.000000230. The minimum Gasteiger partial charge on any atom is -0.466 e. The molecule has 0 aliphatic carbocycles. The molecule has 0 aromatic rings. The quantitative estimate of drug-likeness (QED) is 0.706. The van der Waals surface area contributed by atoms with Crippen LogP contribution in [0.25, 0.3) is 0 Å². The first-order valence-corrected chi connectivity index (χ1v) is 7.76. The topological polar surface area (TPSA) is 66.8 Å². The van der Waals surface area contributed by atoms with Gasteiger partial charge in [0.15, 0.2) is 0 Å². The summed E-state index contributed by atoms with van der Waals surface area (Å²) >= 11 is 0. The normalized spacial score (nSPS) is 10.8. The number of ether oxygens (including phenoxy) is 1. The Bertz CT molecular complexity index is 177. The van der Waals surface area contributed by atoms with Gasteiger partial charge in [0.25, 0.3) is 0 Å². The average Bonchev–Trinajstić information content (AvgIpc) is 2.45. The zero-order valence-corrected chi connectivity index (χ0v) is 14.3. The Hall–Kier alpha value is -0.610. The monoisotopic (exact) mass is 292 g/mol. The summed E-state index contributed by atoms with van der Waals surface area (Å²) in [6.07, 6.45) is 3.65. The van der Waals surface area contributed by atoms with Gasteiger partial charge in [0, 0.05) is 19.6 Å². The van der Waals surface area contributed by atoms with E-state index in [2.05, 4.69) is 13.8 Å². The highest BCUT2D eigenvalue weighted by Gasteiger charge is 1.97. The van der Waals surface area contributed by atoms with E-state index in [-0.39, 0.29) is 5.97 Å². The van der Waals surface area contributed by atoms with Gasteiger partial charge in [0.1, 0.15) is 0 Å². The van der Waals surface area contributed by atoms with E-state index in [0.717, 1.165) is 19.3 Å². The van der Waals surface area contributed by atoms with Crippen LogP contribution in [-0.4, -0.2) is 36.0 Å². The molecule has 0 heterocycles. The lowest BCUT2D eigenvalue weighted by Crippen LogP contribution is -2.02. The number of unbranched alkanes of at least 4 members (excludes halogenated alkanes) is 1. The molecule has 0 aliphatic heterocycles. The van der Waals surface area contributed by atoms with Crippen molar-refractivity contribution in [2.24, 2.45) is 11.8 Å². The maximum absolute atomic E-state index is 10.6. The van der Waals surface area contributed by atoms with Crippen LogP contribution in [-0.2, 0) is 9.53 Å². The Morgan fingerprint density at radius 1 is 1.05 bits per heavy atom. The van der Waals surface area contributed by atoms with Gasteiger partial charge in [0.2, 0.25) is 0 Å². The largest absolute Gasteiger partial charge is 0.466 e. The van der Waals surface area contributed by atoms with Gasteiger partial charge in [-0.05, 0) is 25.2 Å². The molecule has 0 aromatic heterocycles. The summed E-state index contributed by atoms with van der Waals surface area (Å²) in [6, 6.07) is 0. The molecule has 0 radical (unpaired) electrons. The van der Waals surface area contributed by atoms with Crippen LogP contribution >= 0.6 is 0 Å². The summed E-state index contributed by atoms with van der Waals surface area (Å²) in [5.74, 6) is 0.861. The van der Waals surface area contributed by atoms with Gasteiger partial charge in [-0.1, -0.05) is 47.5 Å². The Kier molecular flexibility index (Phi) is 25.3. The summed E-state index contributed by atoms with van der Waals surface area (Å²) in [7, 11) is 0. The van der Waals surface area contributed by atoms with Crippen LogP contribution in [0.1, 0.15) is 67.2 Å². The van der Waals surface area contributed by atoms with E-state index in [1.54, 1.807) is 0 Å². The predicted molar refractivity (Wildman–Crippen MR) is 84.6 cm³/mol. The number of aliphatic hydroxyl groups excluding tert-OH is 2. The highest BCUT2D eigenvalue weighted by atomic mass is 16.5. The van der Waals surface area contributed by atoms with E-state index in [0.29, 0.717) is 38.1 Å². The van der Waals surface area contributed by atoms with Crippen molar-refractivity contribution in [1.82, 2.24) is 0 Å². The van der Waals surface area contributed by atoms with Crippen LogP contribution in [0.5, 0.6) is 0 Å². The van der Waals surface area contributed by atoms with Crippen LogP contribution < -0.4 is 0 Å². The highest BCUT2D eigenvalue weighted by molar-refractivity contribution is 5.69. The minimum absolute atomic E-state index is 0.0700. The Labute approximate surface area is 125 Å². The van der Waals surface area contributed by atoms with Crippen LogP contribution in [0, 0.1) is 11.8 Å². The molecule has 2 N–H and O–H groups in total. The summed E-state index contributed by atoms with van der Waals surface area (Å²) in [6.45, 7) is 13.1. The first-order chi connectivity index (χ1) is 9.39. The van der Waals surface area contributed by atoms with Crippen molar-refractivity contribution in [3.05, 3.63) is 0 Å². The van der Waals surface area contributed by atoms with Crippen LogP contribution in [0.3, 0.4) is 0 Å². The second kappa shape index (κ2) is 20.7. The van der Waals surface area contributed by atoms with Crippen molar-refractivity contribution in [3.8, 4) is 0 Å². The van der Waals surface area contributed by atoms with Gasteiger partial charge in [0.05, 0.1) is 6.61 Å². The van der Waals surface area contributed by atoms with E-state index >= 15 is 0 Å². The average molecular weight is 292 g/mol. The maximum Gasteiger partial charge on any atom is 0.305 e. The number of hydrogen-bond acceptors (Lipinski definition) is 4. The molecule has 0 rings (SSSR count). The summed E-state index contributed by atoms with van der Waals surface area (Å²) in [4.78, 5) is 10.6. The zero-order valence-electron chi connectivity index (χ0n) is 14.3. The van der Waals surface area contributed by atoms with Crippen molar-refractivity contribution in [1.29, 1.82) is 0 Å². The first-order valence-electron chi connectivity index (χ1n) is 7.76. The molecule has 124 valence electrons. The summed E-state index contributed by atoms with van der Waals surface area (Å²) in [5, 5.41) is 16.5. The van der Waals surface area contributed by atoms with E-state index in [1.807, 2.05) is 27.7 Å². The number of aliphatic hydroxyl groups is 2. The second-order valence-electron chi connectivity index (χ2n) is 5.18. The minimum atomic E-state index is -0.0700. The Morgan fingerprint density at radius 2 is 1.55 bits per heavy atom. The Morgan fingerprint density at radius 3 is 1.75 bits per heavy atom. The molecule has 4 heteroatoms. The second-order valence-corrected chi connectivity index (χ2v) is 5.18. The number of carbonyl (C=O) groups is 1. The van der Waals surface area contributed by atoms with Crippen molar-refractivity contribution in [2.45, 2.75) is 67.2 Å². The number of rotatable bonds is 7. The van der Waals surface area contributed by atoms with Gasteiger partial charge >= 0.3 is 5.97 Å². The van der Waals surface area contributed by atoms with Gasteiger partial charge in [-0.2, -0.15) is 0 Å². The molecule has 0 amide bonds. The van der Waals surface area contributed by atoms with E-state index in [4.69, 9.17) is 14.9 Å². The van der Waals surface area contributed by atoms with Gasteiger partial charge in [-0.3, -0.25) is 4.79 Å². The molecule has 1 unspecified atom stereocenters. The van der Waals surface area contributed by atoms with Gasteiger partial charge in [-0.25, -0.2) is 0 Å². The van der Waals surface area contributed by atoms with E-state index in [1.165, 1.54) is 0 Å². The first kappa shape index (κ1) is 24.4. The molecule has 20 heavy (non-hydrogen) atoms. The molecule has 0 aromatic carbocycles. The lowest BCUT2D eigenvalue weighted by atomic mass is 10.1. The third kappa shape index (κ3) is 30.4. The maximum atomic E-state index is 10.6. The molecule has 0 saturated heterocycles. The molecule has 0 bridgehead atoms. The van der Waals surface area contributed by atoms with E-state index < -0.39 is 0 Å². The van der Waals surface area contributed by atoms with Gasteiger partial charge in [-0.15, -0.1) is 0 Å². The molecule has 0 saturated carbocycles. The van der Waals surface area contributed by atoms with E-state index in [9.17, 15) is 4.79 Å². The third-order valence-electron chi connectivity index (χ3n) is 2.41. The van der Waals surface area contributed by atoms with Crippen LogP contribution in [0.4, 0.5) is 0 Å². The van der Waals surface area contributed by atoms with Crippen molar-refractivity contribution >= 4 is 5.97 Å². The molecule has 4 nitrogen and oxygen atoms in total.